The van der Waals surface area contributed by atoms with E-state index in [4.69, 9.17) is 0 Å². The van der Waals surface area contributed by atoms with Gasteiger partial charge in [-0.2, -0.15) is 0 Å². The molecule has 1 aliphatic heterocycles. The van der Waals surface area contributed by atoms with Crippen LogP contribution in [0.2, 0.25) is 0 Å². The van der Waals surface area contributed by atoms with Crippen LogP contribution in [0.1, 0.15) is 13.8 Å². The lowest BCUT2D eigenvalue weighted by atomic mass is 9.94. The van der Waals surface area contributed by atoms with E-state index < -0.39 is 5.41 Å². The first-order valence-corrected chi connectivity index (χ1v) is 2.66. The molecule has 2 amide bonds. The van der Waals surface area contributed by atoms with Crippen molar-refractivity contribution < 1.29 is 9.59 Å². The molecule has 1 rings (SSSR count). The highest BCUT2D eigenvalue weighted by Gasteiger charge is 2.41. The molecule has 2 N–H and O–H groups in total. The van der Waals surface area contributed by atoms with Crippen LogP contribution in [-0.2, 0) is 9.59 Å². The quantitative estimate of drug-likeness (QED) is 0.418. The molecule has 0 unspecified atom stereocenters. The normalized spacial score (nSPS) is 23.3. The smallest absolute Gasteiger partial charge is 0.253 e. The summed E-state index contributed by atoms with van der Waals surface area (Å²) in [6.45, 7) is 3.15. The van der Waals surface area contributed by atoms with Gasteiger partial charge in [-0.3, -0.25) is 20.4 Å². The lowest BCUT2D eigenvalue weighted by Gasteiger charge is -2.06. The zero-order chi connectivity index (χ0) is 7.07. The fraction of sp³-hybridized carbons (Fsp3) is 0.600. The van der Waals surface area contributed by atoms with Crippen molar-refractivity contribution in [1.82, 2.24) is 10.9 Å². The molecule has 4 heteroatoms. The topological polar surface area (TPSA) is 58.2 Å². The van der Waals surface area contributed by atoms with Crippen molar-refractivity contribution in [2.45, 2.75) is 13.8 Å². The highest BCUT2D eigenvalue weighted by atomic mass is 16.2. The third kappa shape index (κ3) is 0.667. The van der Waals surface area contributed by atoms with Crippen molar-refractivity contribution >= 4 is 11.8 Å². The molecule has 9 heavy (non-hydrogen) atoms. The summed E-state index contributed by atoms with van der Waals surface area (Å²) in [6.07, 6.45) is 0. The van der Waals surface area contributed by atoms with Crippen LogP contribution in [0.4, 0.5) is 0 Å². The standard InChI is InChI=1S/C5H8N2O2/c1-5(2)3(8)6-7-4(5)9/h1-2H3,(H,6,8)(H,7,9). The molecule has 0 radical (unpaired) electrons. The number of carbonyl (C=O) groups excluding carboxylic acids is 2. The van der Waals surface area contributed by atoms with Gasteiger partial charge in [0.1, 0.15) is 5.41 Å². The first kappa shape index (κ1) is 6.07. The number of hydrogen-bond acceptors (Lipinski definition) is 2. The van der Waals surface area contributed by atoms with E-state index in [1.54, 1.807) is 13.8 Å². The molecular formula is C5H8N2O2. The fourth-order valence-corrected chi connectivity index (χ4v) is 0.529. The van der Waals surface area contributed by atoms with Crippen molar-refractivity contribution in [3.63, 3.8) is 0 Å². The van der Waals surface area contributed by atoms with Crippen LogP contribution in [0.25, 0.3) is 0 Å². The highest BCUT2D eigenvalue weighted by Crippen LogP contribution is 2.17. The molecule has 0 atom stereocenters. The van der Waals surface area contributed by atoms with Gasteiger partial charge in [-0.1, -0.05) is 0 Å². The van der Waals surface area contributed by atoms with E-state index in [1.807, 2.05) is 0 Å². The van der Waals surface area contributed by atoms with Crippen LogP contribution >= 0.6 is 0 Å². The van der Waals surface area contributed by atoms with Gasteiger partial charge in [0.25, 0.3) is 11.8 Å². The van der Waals surface area contributed by atoms with E-state index in [2.05, 4.69) is 10.9 Å². The Morgan fingerprint density at radius 1 is 1.11 bits per heavy atom. The molecule has 0 aromatic carbocycles. The minimum absolute atomic E-state index is 0.271. The molecule has 50 valence electrons. The van der Waals surface area contributed by atoms with Crippen molar-refractivity contribution in [2.24, 2.45) is 5.41 Å². The van der Waals surface area contributed by atoms with Crippen LogP contribution < -0.4 is 10.9 Å². The number of rotatable bonds is 0. The maximum atomic E-state index is 10.7. The van der Waals surface area contributed by atoms with E-state index in [0.717, 1.165) is 0 Å². The van der Waals surface area contributed by atoms with Gasteiger partial charge < -0.3 is 0 Å². The molecule has 1 heterocycles. The second-order valence-corrected chi connectivity index (χ2v) is 2.53. The minimum atomic E-state index is -0.889. The maximum absolute atomic E-state index is 10.7. The SMILES string of the molecule is CC1(C)C(=O)NNC1=O. The van der Waals surface area contributed by atoms with E-state index in [9.17, 15) is 9.59 Å². The summed E-state index contributed by atoms with van der Waals surface area (Å²) in [7, 11) is 0. The average molecular weight is 128 g/mol. The molecule has 0 aromatic heterocycles. The van der Waals surface area contributed by atoms with E-state index in [0.29, 0.717) is 0 Å². The van der Waals surface area contributed by atoms with Gasteiger partial charge in [0.2, 0.25) is 0 Å². The predicted octanol–water partition coefficient (Wildman–Crippen LogP) is -0.826. The Balaban J connectivity index is 2.91. The van der Waals surface area contributed by atoms with Crippen LogP contribution in [0.3, 0.4) is 0 Å². The Morgan fingerprint density at radius 2 is 1.44 bits per heavy atom. The van der Waals surface area contributed by atoms with Gasteiger partial charge in [0.05, 0.1) is 0 Å². The molecule has 4 nitrogen and oxygen atoms in total. The Labute approximate surface area is 52.6 Å². The van der Waals surface area contributed by atoms with Crippen LogP contribution in [-0.4, -0.2) is 11.8 Å². The summed E-state index contributed by atoms with van der Waals surface area (Å²) in [4.78, 5) is 21.4. The number of carbonyl (C=O) groups is 2. The number of hydrazine groups is 1. The van der Waals surface area contributed by atoms with Gasteiger partial charge in [-0.05, 0) is 13.8 Å². The molecule has 0 saturated carbocycles. The Hall–Kier alpha value is -1.06. The van der Waals surface area contributed by atoms with Crippen molar-refractivity contribution in [3.05, 3.63) is 0 Å². The largest absolute Gasteiger partial charge is 0.272 e. The summed E-state index contributed by atoms with van der Waals surface area (Å²) in [5.74, 6) is -0.542. The average Bonchev–Trinajstić information content (AvgIpc) is 1.96. The summed E-state index contributed by atoms with van der Waals surface area (Å²) >= 11 is 0. The number of amides is 2. The summed E-state index contributed by atoms with van der Waals surface area (Å²) in [5.41, 5.74) is 3.55. The third-order valence-electron chi connectivity index (χ3n) is 1.42. The lowest BCUT2D eigenvalue weighted by Crippen LogP contribution is -2.28. The van der Waals surface area contributed by atoms with E-state index >= 15 is 0 Å². The fourth-order valence-electron chi connectivity index (χ4n) is 0.529. The van der Waals surface area contributed by atoms with Gasteiger partial charge >= 0.3 is 0 Å². The Kier molecular flexibility index (Phi) is 0.986. The zero-order valence-corrected chi connectivity index (χ0v) is 5.32. The summed E-state index contributed by atoms with van der Waals surface area (Å²) < 4.78 is 0. The first-order chi connectivity index (χ1) is 4.05. The van der Waals surface area contributed by atoms with Crippen molar-refractivity contribution in [3.8, 4) is 0 Å². The van der Waals surface area contributed by atoms with Crippen LogP contribution in [0.15, 0.2) is 0 Å². The first-order valence-electron chi connectivity index (χ1n) is 2.66. The second kappa shape index (κ2) is 1.46. The van der Waals surface area contributed by atoms with E-state index in [1.165, 1.54) is 0 Å². The van der Waals surface area contributed by atoms with Gasteiger partial charge in [-0.15, -0.1) is 0 Å². The molecule has 0 spiro atoms. The number of hydrogen-bond donors (Lipinski definition) is 2. The molecule has 0 aromatic rings. The highest BCUT2D eigenvalue weighted by molar-refractivity contribution is 6.08. The Morgan fingerprint density at radius 3 is 1.56 bits per heavy atom. The molecule has 1 fully saturated rings. The second-order valence-electron chi connectivity index (χ2n) is 2.53. The molecule has 0 bridgehead atoms. The van der Waals surface area contributed by atoms with Gasteiger partial charge in [-0.25, -0.2) is 0 Å². The van der Waals surface area contributed by atoms with Crippen LogP contribution in [0, 0.1) is 5.41 Å². The summed E-state index contributed by atoms with van der Waals surface area (Å²) in [5, 5.41) is 0. The zero-order valence-electron chi connectivity index (χ0n) is 5.32. The molecular weight excluding hydrogens is 120 g/mol. The van der Waals surface area contributed by atoms with Gasteiger partial charge in [0, 0.05) is 0 Å². The minimum Gasteiger partial charge on any atom is -0.272 e. The lowest BCUT2D eigenvalue weighted by molar-refractivity contribution is -0.133. The third-order valence-corrected chi connectivity index (χ3v) is 1.42. The summed E-state index contributed by atoms with van der Waals surface area (Å²) in [6, 6.07) is 0. The predicted molar refractivity (Wildman–Crippen MR) is 30.1 cm³/mol. The molecule has 1 saturated heterocycles. The maximum Gasteiger partial charge on any atom is 0.253 e. The monoisotopic (exact) mass is 128 g/mol. The Bertz CT molecular complexity index is 156. The van der Waals surface area contributed by atoms with Crippen molar-refractivity contribution in [1.29, 1.82) is 0 Å². The molecule has 0 aliphatic carbocycles. The van der Waals surface area contributed by atoms with E-state index in [-0.39, 0.29) is 11.8 Å². The number of nitrogens with one attached hydrogen (secondary N) is 2. The molecule has 1 aliphatic rings. The van der Waals surface area contributed by atoms with Crippen molar-refractivity contribution in [2.75, 3.05) is 0 Å². The van der Waals surface area contributed by atoms with Crippen LogP contribution in [0.5, 0.6) is 0 Å². The van der Waals surface area contributed by atoms with Gasteiger partial charge in [0.15, 0.2) is 0 Å².